The van der Waals surface area contributed by atoms with Crippen molar-refractivity contribution in [1.82, 2.24) is 9.47 Å². The number of carbonyl (C=O) groups is 1. The first-order valence-corrected chi connectivity index (χ1v) is 12.1. The third-order valence-electron chi connectivity index (χ3n) is 6.62. The van der Waals surface area contributed by atoms with Gasteiger partial charge in [0.25, 0.3) is 0 Å². The zero-order chi connectivity index (χ0) is 24.9. The Hall–Kier alpha value is -3.57. The summed E-state index contributed by atoms with van der Waals surface area (Å²) in [4.78, 5) is 15.0. The molecule has 0 aliphatic carbocycles. The van der Waals surface area contributed by atoms with Gasteiger partial charge in [0, 0.05) is 46.5 Å². The monoisotopic (exact) mass is 469 g/mol. The SMILES string of the molecule is COc1cccc(CC(=O)c2ccc(Nc3ccc4c(c3)c(C)c(C)n4CCCN(C)C)cc2)c1. The summed E-state index contributed by atoms with van der Waals surface area (Å²) in [6.45, 7) is 6.51. The quantitative estimate of drug-likeness (QED) is 0.274. The molecule has 1 aromatic heterocycles. The predicted octanol–water partition coefficient (Wildman–Crippen LogP) is 6.39. The molecule has 0 aliphatic heterocycles. The number of anilines is 2. The average Bonchev–Trinajstić information content (AvgIpc) is 3.09. The number of methoxy groups -OCH3 is 1. The summed E-state index contributed by atoms with van der Waals surface area (Å²) in [5, 5.41) is 4.78. The molecule has 0 atom stereocenters. The Bertz CT molecular complexity index is 1320. The molecular weight excluding hydrogens is 434 g/mol. The summed E-state index contributed by atoms with van der Waals surface area (Å²) < 4.78 is 7.69. The van der Waals surface area contributed by atoms with Crippen molar-refractivity contribution in [2.24, 2.45) is 0 Å². The summed E-state index contributed by atoms with van der Waals surface area (Å²) in [6, 6.07) is 21.9. The molecule has 4 rings (SSSR count). The van der Waals surface area contributed by atoms with Crippen molar-refractivity contribution in [1.29, 1.82) is 0 Å². The third-order valence-corrected chi connectivity index (χ3v) is 6.62. The van der Waals surface area contributed by atoms with Gasteiger partial charge in [0.1, 0.15) is 5.75 Å². The maximum Gasteiger partial charge on any atom is 0.167 e. The summed E-state index contributed by atoms with van der Waals surface area (Å²) in [5.74, 6) is 0.856. The first kappa shape index (κ1) is 24.6. The number of hydrogen-bond donors (Lipinski definition) is 1. The van der Waals surface area contributed by atoms with Gasteiger partial charge in [0.05, 0.1) is 7.11 Å². The van der Waals surface area contributed by atoms with Crippen LogP contribution in [0.1, 0.15) is 33.6 Å². The molecule has 0 unspecified atom stereocenters. The van der Waals surface area contributed by atoms with Crippen LogP contribution in [-0.4, -0.2) is 43.0 Å². The van der Waals surface area contributed by atoms with E-state index in [2.05, 4.69) is 60.9 Å². The second-order valence-electron chi connectivity index (χ2n) is 9.40. The maximum absolute atomic E-state index is 12.7. The van der Waals surface area contributed by atoms with Gasteiger partial charge < -0.3 is 19.5 Å². The minimum absolute atomic E-state index is 0.0907. The molecule has 0 bridgehead atoms. The van der Waals surface area contributed by atoms with Gasteiger partial charge in [-0.3, -0.25) is 4.79 Å². The first-order valence-electron chi connectivity index (χ1n) is 12.1. The molecule has 0 aliphatic rings. The van der Waals surface area contributed by atoms with Crippen molar-refractivity contribution in [3.8, 4) is 5.75 Å². The lowest BCUT2D eigenvalue weighted by molar-refractivity contribution is 0.0993. The molecule has 4 aromatic rings. The topological polar surface area (TPSA) is 46.5 Å². The molecule has 35 heavy (non-hydrogen) atoms. The summed E-state index contributed by atoms with van der Waals surface area (Å²) in [6.07, 6.45) is 1.48. The number of aryl methyl sites for hydroxylation is 2. The molecule has 0 saturated heterocycles. The van der Waals surface area contributed by atoms with Crippen LogP contribution in [0.3, 0.4) is 0 Å². The normalized spacial score (nSPS) is 11.3. The number of nitrogens with zero attached hydrogens (tertiary/aromatic N) is 2. The van der Waals surface area contributed by atoms with E-state index in [-0.39, 0.29) is 5.78 Å². The van der Waals surface area contributed by atoms with E-state index in [1.54, 1.807) is 7.11 Å². The fourth-order valence-electron chi connectivity index (χ4n) is 4.54. The Balaban J connectivity index is 1.46. The Labute approximate surface area is 208 Å². The third kappa shape index (κ3) is 5.75. The van der Waals surface area contributed by atoms with Crippen molar-refractivity contribution < 1.29 is 9.53 Å². The largest absolute Gasteiger partial charge is 0.497 e. The van der Waals surface area contributed by atoms with Crippen LogP contribution in [0.2, 0.25) is 0 Å². The molecule has 1 N–H and O–H groups in total. The molecule has 0 radical (unpaired) electrons. The Morgan fingerprint density at radius 2 is 1.71 bits per heavy atom. The fourth-order valence-corrected chi connectivity index (χ4v) is 4.54. The number of hydrogen-bond acceptors (Lipinski definition) is 4. The van der Waals surface area contributed by atoms with Crippen LogP contribution < -0.4 is 10.1 Å². The van der Waals surface area contributed by atoms with Crippen LogP contribution in [0.25, 0.3) is 10.9 Å². The van der Waals surface area contributed by atoms with Crippen molar-refractivity contribution >= 4 is 28.1 Å². The number of ether oxygens (including phenoxy) is 1. The van der Waals surface area contributed by atoms with E-state index < -0.39 is 0 Å². The van der Waals surface area contributed by atoms with Gasteiger partial charge >= 0.3 is 0 Å². The molecular formula is C30H35N3O2. The van der Waals surface area contributed by atoms with Crippen molar-refractivity contribution in [2.75, 3.05) is 33.1 Å². The highest BCUT2D eigenvalue weighted by Crippen LogP contribution is 2.29. The van der Waals surface area contributed by atoms with Crippen LogP contribution in [0, 0.1) is 13.8 Å². The van der Waals surface area contributed by atoms with Gasteiger partial charge in [-0.15, -0.1) is 0 Å². The maximum atomic E-state index is 12.7. The van der Waals surface area contributed by atoms with E-state index in [0.29, 0.717) is 12.0 Å². The van der Waals surface area contributed by atoms with Crippen LogP contribution in [-0.2, 0) is 13.0 Å². The van der Waals surface area contributed by atoms with Crippen molar-refractivity contribution in [3.63, 3.8) is 0 Å². The lowest BCUT2D eigenvalue weighted by atomic mass is 10.0. The number of rotatable bonds is 10. The summed E-state index contributed by atoms with van der Waals surface area (Å²) in [5.41, 5.74) is 7.59. The van der Waals surface area contributed by atoms with Crippen molar-refractivity contribution in [3.05, 3.63) is 89.1 Å². The zero-order valence-corrected chi connectivity index (χ0v) is 21.4. The van der Waals surface area contributed by atoms with E-state index in [0.717, 1.165) is 42.2 Å². The molecule has 0 fully saturated rings. The second kappa shape index (κ2) is 10.8. The summed E-state index contributed by atoms with van der Waals surface area (Å²) >= 11 is 0. The van der Waals surface area contributed by atoms with Gasteiger partial charge in [0.2, 0.25) is 0 Å². The lowest BCUT2D eigenvalue weighted by Gasteiger charge is -2.12. The minimum atomic E-state index is 0.0907. The van der Waals surface area contributed by atoms with Gasteiger partial charge in [-0.05, 0) is 107 Å². The van der Waals surface area contributed by atoms with Crippen LogP contribution in [0.4, 0.5) is 11.4 Å². The standard InChI is InChI=1S/C30H35N3O2/c1-21-22(2)33(17-7-16-32(3)4)29-15-14-26(20-28(21)29)31-25-12-10-24(11-13-25)30(34)19-23-8-6-9-27(18-23)35-5/h6,8-15,18,20,31H,7,16-17,19H2,1-5H3. The molecule has 1 heterocycles. The van der Waals surface area contributed by atoms with Gasteiger partial charge in [-0.1, -0.05) is 12.1 Å². The number of fused-ring (bicyclic) bond motifs is 1. The van der Waals surface area contributed by atoms with E-state index in [1.807, 2.05) is 48.5 Å². The highest BCUT2D eigenvalue weighted by atomic mass is 16.5. The number of carbonyl (C=O) groups excluding carboxylic acids is 1. The molecule has 0 spiro atoms. The van der Waals surface area contributed by atoms with Crippen LogP contribution >= 0.6 is 0 Å². The predicted molar refractivity (Wildman–Crippen MR) is 145 cm³/mol. The molecule has 5 nitrogen and oxygen atoms in total. The molecule has 0 saturated carbocycles. The van der Waals surface area contributed by atoms with E-state index >= 15 is 0 Å². The van der Waals surface area contributed by atoms with Crippen LogP contribution in [0.15, 0.2) is 66.7 Å². The highest BCUT2D eigenvalue weighted by Gasteiger charge is 2.12. The van der Waals surface area contributed by atoms with Gasteiger partial charge in [0.15, 0.2) is 5.78 Å². The van der Waals surface area contributed by atoms with E-state index in [9.17, 15) is 4.79 Å². The minimum Gasteiger partial charge on any atom is -0.497 e. The molecule has 182 valence electrons. The number of aromatic nitrogens is 1. The van der Waals surface area contributed by atoms with Crippen LogP contribution in [0.5, 0.6) is 5.75 Å². The van der Waals surface area contributed by atoms with Gasteiger partial charge in [-0.25, -0.2) is 0 Å². The lowest BCUT2D eigenvalue weighted by Crippen LogP contribution is -2.15. The molecule has 0 amide bonds. The molecule has 3 aromatic carbocycles. The smallest absolute Gasteiger partial charge is 0.167 e. The van der Waals surface area contributed by atoms with Crippen molar-refractivity contribution in [2.45, 2.75) is 33.2 Å². The average molecular weight is 470 g/mol. The number of benzene rings is 3. The van der Waals surface area contributed by atoms with E-state index in [1.165, 1.54) is 22.2 Å². The summed E-state index contributed by atoms with van der Waals surface area (Å²) in [7, 11) is 5.87. The Morgan fingerprint density at radius 3 is 2.43 bits per heavy atom. The van der Waals surface area contributed by atoms with Gasteiger partial charge in [-0.2, -0.15) is 0 Å². The fraction of sp³-hybridized carbons (Fsp3) is 0.300. The number of nitrogens with one attached hydrogen (secondary N) is 1. The highest BCUT2D eigenvalue weighted by molar-refractivity contribution is 5.98. The molecule has 5 heteroatoms. The first-order chi connectivity index (χ1) is 16.9. The second-order valence-corrected chi connectivity index (χ2v) is 9.40. The Morgan fingerprint density at radius 1 is 0.971 bits per heavy atom. The number of Topliss-reactive ketones (excluding diaryl/α,β-unsaturated/α-hetero) is 1. The Kier molecular flexibility index (Phi) is 7.57. The zero-order valence-electron chi connectivity index (χ0n) is 21.4. The number of ketones is 1. The van der Waals surface area contributed by atoms with E-state index in [4.69, 9.17) is 4.74 Å².